The van der Waals surface area contributed by atoms with Crippen LogP contribution in [0.1, 0.15) is 22.8 Å². The first-order valence-electron chi connectivity index (χ1n) is 7.86. The summed E-state index contributed by atoms with van der Waals surface area (Å²) in [6, 6.07) is 14.0. The lowest BCUT2D eigenvalue weighted by Crippen LogP contribution is -2.27. The molecule has 0 spiro atoms. The number of rotatable bonds is 7. The molecule has 0 aromatic heterocycles. The van der Waals surface area contributed by atoms with Crippen molar-refractivity contribution < 1.29 is 17.9 Å². The van der Waals surface area contributed by atoms with Crippen molar-refractivity contribution in [3.05, 3.63) is 59.7 Å². The number of amides is 1. The largest absolute Gasteiger partial charge is 0.495 e. The minimum Gasteiger partial charge on any atom is -0.495 e. The van der Waals surface area contributed by atoms with Crippen LogP contribution in [0.25, 0.3) is 0 Å². The van der Waals surface area contributed by atoms with E-state index in [0.29, 0.717) is 6.54 Å². The Kier molecular flexibility index (Phi) is 6.17. The SMILES string of the molecule is CCNS(=O)(=O)c1cc(C(=O)N(C)Cc2ccccc2)ccc1OC. The average Bonchev–Trinajstić information content (AvgIpc) is 2.61. The van der Waals surface area contributed by atoms with Gasteiger partial charge in [-0.3, -0.25) is 4.79 Å². The molecule has 7 heteroatoms. The van der Waals surface area contributed by atoms with Crippen molar-refractivity contribution in [3.63, 3.8) is 0 Å². The number of nitrogens with one attached hydrogen (secondary N) is 1. The molecule has 134 valence electrons. The van der Waals surface area contributed by atoms with E-state index in [4.69, 9.17) is 4.74 Å². The standard InChI is InChI=1S/C18H22N2O4S/c1-4-19-25(22,23)17-12-15(10-11-16(17)24-3)18(21)20(2)13-14-8-6-5-7-9-14/h5-12,19H,4,13H2,1-3H3. The van der Waals surface area contributed by atoms with Gasteiger partial charge in [0, 0.05) is 25.7 Å². The van der Waals surface area contributed by atoms with Gasteiger partial charge in [0.15, 0.2) is 0 Å². The zero-order valence-electron chi connectivity index (χ0n) is 14.5. The Morgan fingerprint density at radius 3 is 2.44 bits per heavy atom. The van der Waals surface area contributed by atoms with E-state index in [1.807, 2.05) is 30.3 Å². The van der Waals surface area contributed by atoms with Crippen molar-refractivity contribution in [2.45, 2.75) is 18.4 Å². The number of nitrogens with zero attached hydrogens (tertiary/aromatic N) is 1. The highest BCUT2D eigenvalue weighted by molar-refractivity contribution is 7.89. The van der Waals surface area contributed by atoms with E-state index in [0.717, 1.165) is 5.56 Å². The van der Waals surface area contributed by atoms with Gasteiger partial charge in [-0.05, 0) is 23.8 Å². The molecule has 0 radical (unpaired) electrons. The number of carbonyl (C=O) groups excluding carboxylic acids is 1. The zero-order chi connectivity index (χ0) is 18.4. The Bertz CT molecular complexity index is 835. The fourth-order valence-electron chi connectivity index (χ4n) is 2.44. The minimum atomic E-state index is -3.74. The summed E-state index contributed by atoms with van der Waals surface area (Å²) in [6.45, 7) is 2.37. The van der Waals surface area contributed by atoms with Gasteiger partial charge in [0.05, 0.1) is 7.11 Å². The van der Waals surface area contributed by atoms with Crippen molar-refractivity contribution in [1.29, 1.82) is 0 Å². The number of benzene rings is 2. The number of hydrogen-bond donors (Lipinski definition) is 1. The molecule has 0 aliphatic heterocycles. The monoisotopic (exact) mass is 362 g/mol. The molecule has 1 N–H and O–H groups in total. The lowest BCUT2D eigenvalue weighted by molar-refractivity contribution is 0.0785. The highest BCUT2D eigenvalue weighted by Crippen LogP contribution is 2.25. The molecule has 0 heterocycles. The third-order valence-corrected chi connectivity index (χ3v) is 5.21. The summed E-state index contributed by atoms with van der Waals surface area (Å²) in [4.78, 5) is 14.2. The van der Waals surface area contributed by atoms with Crippen molar-refractivity contribution in [2.75, 3.05) is 20.7 Å². The van der Waals surface area contributed by atoms with Crippen molar-refractivity contribution in [3.8, 4) is 5.75 Å². The van der Waals surface area contributed by atoms with E-state index in [9.17, 15) is 13.2 Å². The van der Waals surface area contributed by atoms with Crippen LogP contribution in [-0.2, 0) is 16.6 Å². The molecule has 0 aliphatic rings. The van der Waals surface area contributed by atoms with Crippen molar-refractivity contribution >= 4 is 15.9 Å². The van der Waals surface area contributed by atoms with Crippen LogP contribution in [0.5, 0.6) is 5.75 Å². The molecule has 2 aromatic carbocycles. The van der Waals surface area contributed by atoms with E-state index in [2.05, 4.69) is 4.72 Å². The second kappa shape index (κ2) is 8.13. The first kappa shape index (κ1) is 19.0. The van der Waals surface area contributed by atoms with Gasteiger partial charge in [-0.25, -0.2) is 13.1 Å². The normalized spacial score (nSPS) is 11.2. The molecule has 0 atom stereocenters. The quantitative estimate of drug-likeness (QED) is 0.820. The van der Waals surface area contributed by atoms with Gasteiger partial charge in [-0.2, -0.15) is 0 Å². The molecule has 6 nitrogen and oxygen atoms in total. The van der Waals surface area contributed by atoms with Gasteiger partial charge in [0.2, 0.25) is 10.0 Å². The number of methoxy groups -OCH3 is 1. The maximum atomic E-state index is 12.7. The molecule has 0 saturated carbocycles. The maximum absolute atomic E-state index is 12.7. The summed E-state index contributed by atoms with van der Waals surface area (Å²) in [5.74, 6) is -0.0670. The third kappa shape index (κ3) is 4.58. The van der Waals surface area contributed by atoms with Crippen LogP contribution in [0.15, 0.2) is 53.4 Å². The zero-order valence-corrected chi connectivity index (χ0v) is 15.3. The highest BCUT2D eigenvalue weighted by atomic mass is 32.2. The molecule has 0 aliphatic carbocycles. The van der Waals surface area contributed by atoms with Crippen LogP contribution >= 0.6 is 0 Å². The van der Waals surface area contributed by atoms with Crippen LogP contribution in [-0.4, -0.2) is 39.9 Å². The first-order valence-corrected chi connectivity index (χ1v) is 9.34. The lowest BCUT2D eigenvalue weighted by Gasteiger charge is -2.18. The Balaban J connectivity index is 2.31. The summed E-state index contributed by atoms with van der Waals surface area (Å²) in [7, 11) is -0.669. The summed E-state index contributed by atoms with van der Waals surface area (Å²) in [5, 5.41) is 0. The predicted octanol–water partition coefficient (Wildman–Crippen LogP) is 2.27. The topological polar surface area (TPSA) is 75.7 Å². The van der Waals surface area contributed by atoms with E-state index >= 15 is 0 Å². The Labute approximate surface area is 148 Å². The predicted molar refractivity (Wildman–Crippen MR) is 96.1 cm³/mol. The Hall–Kier alpha value is -2.38. The van der Waals surface area contributed by atoms with Crippen LogP contribution < -0.4 is 9.46 Å². The summed E-state index contributed by atoms with van der Waals surface area (Å²) in [5.41, 5.74) is 1.28. The number of sulfonamides is 1. The van der Waals surface area contributed by atoms with Crippen molar-refractivity contribution in [2.24, 2.45) is 0 Å². The smallest absolute Gasteiger partial charge is 0.253 e. The molecule has 2 aromatic rings. The van der Waals surface area contributed by atoms with Crippen LogP contribution in [0.2, 0.25) is 0 Å². The van der Waals surface area contributed by atoms with E-state index in [1.54, 1.807) is 24.9 Å². The Morgan fingerprint density at radius 2 is 1.84 bits per heavy atom. The van der Waals surface area contributed by atoms with Crippen LogP contribution in [0.3, 0.4) is 0 Å². The summed E-state index contributed by atoms with van der Waals surface area (Å²) >= 11 is 0. The molecule has 0 bridgehead atoms. The molecule has 2 rings (SSSR count). The molecule has 1 amide bonds. The van der Waals surface area contributed by atoms with E-state index in [1.165, 1.54) is 19.2 Å². The van der Waals surface area contributed by atoms with E-state index in [-0.39, 0.29) is 28.7 Å². The average molecular weight is 362 g/mol. The molecule has 0 fully saturated rings. The molecular weight excluding hydrogens is 340 g/mol. The second-order valence-electron chi connectivity index (χ2n) is 5.51. The number of carbonyl (C=O) groups is 1. The molecule has 25 heavy (non-hydrogen) atoms. The Morgan fingerprint density at radius 1 is 1.16 bits per heavy atom. The molecular formula is C18H22N2O4S. The molecule has 0 saturated heterocycles. The first-order chi connectivity index (χ1) is 11.9. The van der Waals surface area contributed by atoms with Gasteiger partial charge in [0.25, 0.3) is 5.91 Å². The highest BCUT2D eigenvalue weighted by Gasteiger charge is 2.22. The van der Waals surface area contributed by atoms with Gasteiger partial charge in [0.1, 0.15) is 10.6 Å². The van der Waals surface area contributed by atoms with Crippen molar-refractivity contribution in [1.82, 2.24) is 9.62 Å². The van der Waals surface area contributed by atoms with Crippen LogP contribution in [0, 0.1) is 0 Å². The summed E-state index contributed by atoms with van der Waals surface area (Å²) in [6.07, 6.45) is 0. The lowest BCUT2D eigenvalue weighted by atomic mass is 10.1. The minimum absolute atomic E-state index is 0.0455. The van der Waals surface area contributed by atoms with Gasteiger partial charge in [-0.1, -0.05) is 37.3 Å². The second-order valence-corrected chi connectivity index (χ2v) is 7.25. The van der Waals surface area contributed by atoms with Gasteiger partial charge in [-0.15, -0.1) is 0 Å². The van der Waals surface area contributed by atoms with Gasteiger partial charge >= 0.3 is 0 Å². The fourth-order valence-corrected chi connectivity index (χ4v) is 3.67. The maximum Gasteiger partial charge on any atom is 0.253 e. The van der Waals surface area contributed by atoms with Crippen LogP contribution in [0.4, 0.5) is 0 Å². The fraction of sp³-hybridized carbons (Fsp3) is 0.278. The molecule has 0 unspecified atom stereocenters. The third-order valence-electron chi connectivity index (χ3n) is 3.64. The number of ether oxygens (including phenoxy) is 1. The number of hydrogen-bond acceptors (Lipinski definition) is 4. The van der Waals surface area contributed by atoms with E-state index < -0.39 is 10.0 Å². The summed E-state index contributed by atoms with van der Waals surface area (Å²) < 4.78 is 32.2. The van der Waals surface area contributed by atoms with Gasteiger partial charge < -0.3 is 9.64 Å².